The number of aliphatic imine (C=N–C) groups is 1. The molecule has 2 heterocycles. The number of aryl methyl sites for hydroxylation is 1. The fourth-order valence-electron chi connectivity index (χ4n) is 1.13. The highest BCUT2D eigenvalue weighted by Crippen LogP contribution is 2.23. The summed E-state index contributed by atoms with van der Waals surface area (Å²) >= 11 is 0. The van der Waals surface area contributed by atoms with Crippen LogP contribution < -0.4 is 11.3 Å². The van der Waals surface area contributed by atoms with Crippen LogP contribution in [0, 0.1) is 6.92 Å². The minimum absolute atomic E-state index is 0.621. The Labute approximate surface area is 68.9 Å². The minimum atomic E-state index is 0.621. The van der Waals surface area contributed by atoms with Gasteiger partial charge >= 0.3 is 0 Å². The van der Waals surface area contributed by atoms with Gasteiger partial charge in [-0.25, -0.2) is 10.8 Å². The van der Waals surface area contributed by atoms with Crippen molar-refractivity contribution in [3.8, 4) is 0 Å². The Kier molecular flexibility index (Phi) is 1.47. The van der Waals surface area contributed by atoms with Crippen LogP contribution in [0.25, 0.3) is 0 Å². The monoisotopic (exact) mass is 164 g/mol. The highest BCUT2D eigenvalue weighted by Gasteiger charge is 2.17. The number of amidine groups is 1. The van der Waals surface area contributed by atoms with E-state index < -0.39 is 0 Å². The van der Waals surface area contributed by atoms with E-state index in [1.807, 2.05) is 6.92 Å². The highest BCUT2D eigenvalue weighted by atomic mass is 15.3. The zero-order valence-electron chi connectivity index (χ0n) is 6.57. The third-order valence-corrected chi connectivity index (χ3v) is 1.79. The molecule has 6 nitrogen and oxygen atoms in total. The predicted molar refractivity (Wildman–Crippen MR) is 42.7 cm³/mol. The molecular weight excluding hydrogens is 156 g/mol. The number of hydrazine groups is 1. The normalized spacial score (nSPS) is 14.0. The summed E-state index contributed by atoms with van der Waals surface area (Å²) in [5.74, 6) is 6.54. The van der Waals surface area contributed by atoms with E-state index in [0.29, 0.717) is 18.1 Å². The summed E-state index contributed by atoms with van der Waals surface area (Å²) in [7, 11) is 0. The second kappa shape index (κ2) is 2.49. The van der Waals surface area contributed by atoms with E-state index in [4.69, 9.17) is 5.84 Å². The number of hydrogen-bond donors (Lipinski definition) is 2. The first kappa shape index (κ1) is 7.11. The molecule has 0 aliphatic carbocycles. The number of aromatic nitrogens is 3. The molecular formula is C6H8N6. The van der Waals surface area contributed by atoms with Gasteiger partial charge in [0.2, 0.25) is 0 Å². The van der Waals surface area contributed by atoms with E-state index in [2.05, 4.69) is 25.8 Å². The van der Waals surface area contributed by atoms with Crippen molar-refractivity contribution in [1.82, 2.24) is 20.8 Å². The molecule has 1 aliphatic heterocycles. The van der Waals surface area contributed by atoms with E-state index in [1.165, 1.54) is 0 Å². The van der Waals surface area contributed by atoms with Crippen LogP contribution in [0.3, 0.4) is 0 Å². The van der Waals surface area contributed by atoms with Crippen LogP contribution in [0.15, 0.2) is 4.99 Å². The van der Waals surface area contributed by atoms with Crippen LogP contribution in [0.1, 0.15) is 11.3 Å². The fourth-order valence-corrected chi connectivity index (χ4v) is 1.13. The van der Waals surface area contributed by atoms with Gasteiger partial charge in [-0.2, -0.15) is 0 Å². The van der Waals surface area contributed by atoms with E-state index in [-0.39, 0.29) is 0 Å². The zero-order chi connectivity index (χ0) is 8.55. The van der Waals surface area contributed by atoms with Crippen LogP contribution in [0.2, 0.25) is 0 Å². The van der Waals surface area contributed by atoms with Gasteiger partial charge in [0.05, 0.1) is 5.69 Å². The van der Waals surface area contributed by atoms with Gasteiger partial charge < -0.3 is 5.43 Å². The van der Waals surface area contributed by atoms with E-state index in [9.17, 15) is 0 Å². The molecule has 2 rings (SSSR count). The van der Waals surface area contributed by atoms with Crippen molar-refractivity contribution in [1.29, 1.82) is 0 Å². The first-order valence-corrected chi connectivity index (χ1v) is 3.54. The summed E-state index contributed by atoms with van der Waals surface area (Å²) in [4.78, 5) is 4.10. The lowest BCUT2D eigenvalue weighted by atomic mass is 10.2. The van der Waals surface area contributed by atoms with Crippen LogP contribution >= 0.6 is 0 Å². The van der Waals surface area contributed by atoms with Crippen molar-refractivity contribution in [2.24, 2.45) is 10.8 Å². The lowest BCUT2D eigenvalue weighted by molar-refractivity contribution is 0.830. The van der Waals surface area contributed by atoms with Crippen molar-refractivity contribution in [2.75, 3.05) is 0 Å². The predicted octanol–water partition coefficient (Wildman–Crippen LogP) is -0.771. The van der Waals surface area contributed by atoms with Gasteiger partial charge in [-0.05, 0) is 12.1 Å². The quantitative estimate of drug-likeness (QED) is 0.388. The summed E-state index contributed by atoms with van der Waals surface area (Å²) in [6.45, 7) is 1.88. The Bertz CT molecular complexity index is 344. The van der Waals surface area contributed by atoms with Gasteiger partial charge in [0.1, 0.15) is 5.84 Å². The Morgan fingerprint density at radius 2 is 2.25 bits per heavy atom. The SMILES string of the molecule is Cc1nnnc2c1CC(NN)=N2. The lowest BCUT2D eigenvalue weighted by Gasteiger charge is -1.97. The number of nitrogens with one attached hydrogen (secondary N) is 1. The maximum Gasteiger partial charge on any atom is 0.183 e. The standard InChI is InChI=1S/C6H8N6/c1-3-4-2-5(9-7)8-6(4)11-12-10-3/h2,7H2,1H3,(H,8,9,10,11). The van der Waals surface area contributed by atoms with Crippen molar-refractivity contribution in [2.45, 2.75) is 13.3 Å². The summed E-state index contributed by atoms with van der Waals surface area (Å²) in [6.07, 6.45) is 0.667. The molecule has 12 heavy (non-hydrogen) atoms. The molecule has 0 unspecified atom stereocenters. The number of fused-ring (bicyclic) bond motifs is 1. The molecule has 1 aromatic rings. The van der Waals surface area contributed by atoms with Crippen molar-refractivity contribution >= 4 is 11.7 Å². The number of hydrogen-bond acceptors (Lipinski definition) is 6. The van der Waals surface area contributed by atoms with Gasteiger partial charge in [-0.1, -0.05) is 0 Å². The third-order valence-electron chi connectivity index (χ3n) is 1.79. The Hall–Kier alpha value is -1.56. The average Bonchev–Trinajstić information content (AvgIpc) is 2.49. The number of rotatable bonds is 0. The van der Waals surface area contributed by atoms with Gasteiger partial charge in [0.15, 0.2) is 5.82 Å². The molecule has 0 saturated heterocycles. The molecule has 62 valence electrons. The molecule has 0 amide bonds. The molecule has 0 fully saturated rings. The molecule has 0 atom stereocenters. The molecule has 0 bridgehead atoms. The lowest BCUT2D eigenvalue weighted by Crippen LogP contribution is -2.30. The zero-order valence-corrected chi connectivity index (χ0v) is 6.57. The van der Waals surface area contributed by atoms with Gasteiger partial charge in [0.25, 0.3) is 0 Å². The second-order valence-corrected chi connectivity index (χ2v) is 2.56. The summed E-state index contributed by atoms with van der Waals surface area (Å²) in [5.41, 5.74) is 4.35. The Morgan fingerprint density at radius 3 is 2.92 bits per heavy atom. The van der Waals surface area contributed by atoms with Crippen LogP contribution in [0.4, 0.5) is 5.82 Å². The van der Waals surface area contributed by atoms with Crippen molar-refractivity contribution in [3.05, 3.63) is 11.3 Å². The summed E-state index contributed by atoms with van der Waals surface area (Å²) < 4.78 is 0. The summed E-state index contributed by atoms with van der Waals surface area (Å²) in [5, 5.41) is 11.1. The van der Waals surface area contributed by atoms with Gasteiger partial charge in [0, 0.05) is 12.0 Å². The van der Waals surface area contributed by atoms with Crippen molar-refractivity contribution < 1.29 is 0 Å². The molecule has 0 aromatic carbocycles. The van der Waals surface area contributed by atoms with Crippen LogP contribution in [0.5, 0.6) is 0 Å². The van der Waals surface area contributed by atoms with Gasteiger partial charge in [-0.3, -0.25) is 0 Å². The van der Waals surface area contributed by atoms with E-state index in [0.717, 1.165) is 11.3 Å². The van der Waals surface area contributed by atoms with E-state index in [1.54, 1.807) is 0 Å². The van der Waals surface area contributed by atoms with Gasteiger partial charge in [-0.15, -0.1) is 10.2 Å². The first-order chi connectivity index (χ1) is 5.81. The maximum absolute atomic E-state index is 5.21. The molecule has 0 spiro atoms. The molecule has 0 saturated carbocycles. The Morgan fingerprint density at radius 1 is 1.42 bits per heavy atom. The molecule has 1 aliphatic rings. The minimum Gasteiger partial charge on any atom is -0.312 e. The largest absolute Gasteiger partial charge is 0.312 e. The second-order valence-electron chi connectivity index (χ2n) is 2.56. The summed E-state index contributed by atoms with van der Waals surface area (Å²) in [6, 6.07) is 0. The van der Waals surface area contributed by atoms with E-state index >= 15 is 0 Å². The maximum atomic E-state index is 5.21. The number of nitrogens with two attached hydrogens (primary N) is 1. The molecule has 0 radical (unpaired) electrons. The number of nitrogens with zero attached hydrogens (tertiary/aromatic N) is 4. The highest BCUT2D eigenvalue weighted by molar-refractivity contribution is 5.90. The Balaban J connectivity index is 2.45. The van der Waals surface area contributed by atoms with Crippen LogP contribution in [-0.2, 0) is 6.42 Å². The smallest absolute Gasteiger partial charge is 0.183 e. The van der Waals surface area contributed by atoms with Crippen molar-refractivity contribution in [3.63, 3.8) is 0 Å². The fraction of sp³-hybridized carbons (Fsp3) is 0.333. The molecule has 6 heteroatoms. The first-order valence-electron chi connectivity index (χ1n) is 3.54. The van der Waals surface area contributed by atoms with Crippen LogP contribution in [-0.4, -0.2) is 21.2 Å². The topological polar surface area (TPSA) is 89.1 Å². The average molecular weight is 164 g/mol. The molecule has 3 N–H and O–H groups in total. The molecule has 1 aromatic heterocycles. The third kappa shape index (κ3) is 0.928.